The van der Waals surface area contributed by atoms with Crippen molar-refractivity contribution in [3.05, 3.63) is 99.2 Å². The van der Waals surface area contributed by atoms with Crippen LogP contribution >= 0.6 is 0 Å². The van der Waals surface area contributed by atoms with Crippen LogP contribution < -0.4 is 10.5 Å². The minimum absolute atomic E-state index is 0.00646. The average Bonchev–Trinajstić information content (AvgIpc) is 3.41. The molecule has 3 aliphatic rings. The second-order valence-corrected chi connectivity index (χ2v) is 17.3. The summed E-state index contributed by atoms with van der Waals surface area (Å²) in [6.07, 6.45) is -0.419. The van der Waals surface area contributed by atoms with Gasteiger partial charge >= 0.3 is 12.2 Å². The summed E-state index contributed by atoms with van der Waals surface area (Å²) in [6, 6.07) is 17.1. The normalized spacial score (nSPS) is 21.5. The van der Waals surface area contributed by atoms with Gasteiger partial charge in [0.2, 0.25) is 5.91 Å². The molecule has 13 heteroatoms. The summed E-state index contributed by atoms with van der Waals surface area (Å²) >= 11 is 0. The molecular weight excluding hydrogens is 716 g/mol. The molecule has 2 aromatic carbocycles. The first-order valence-corrected chi connectivity index (χ1v) is 19.6. The molecule has 0 spiro atoms. The number of hydrogen-bond acceptors (Lipinski definition) is 8. The molecule has 0 saturated carbocycles. The Morgan fingerprint density at radius 2 is 1.57 bits per heavy atom. The molecule has 4 heterocycles. The SMILES string of the molecule is C[C@@H]1CN(C(=O)OCc2ccccc2)CCN1C[C@H]1CN(C(=O)OC(C)(C)C)[C@H](C)CN1CC(=O)N1CC(C)(C)c2c1cc(Cc1ccc(F)cc1)c(=O)n2C. The molecule has 302 valence electrons. The Bertz CT molecular complexity index is 1960. The largest absolute Gasteiger partial charge is 0.445 e. The summed E-state index contributed by atoms with van der Waals surface area (Å²) in [5.74, 6) is -0.435. The summed E-state index contributed by atoms with van der Waals surface area (Å²) in [4.78, 5) is 64.4. The zero-order valence-corrected chi connectivity index (χ0v) is 34.1. The van der Waals surface area contributed by atoms with Crippen LogP contribution in [-0.2, 0) is 39.8 Å². The number of benzene rings is 2. The summed E-state index contributed by atoms with van der Waals surface area (Å²) in [5, 5.41) is 0. The number of aromatic nitrogens is 1. The highest BCUT2D eigenvalue weighted by atomic mass is 19.1. The van der Waals surface area contributed by atoms with Crippen molar-refractivity contribution in [2.45, 2.75) is 90.6 Å². The first-order valence-electron chi connectivity index (χ1n) is 19.6. The Kier molecular flexibility index (Phi) is 12.0. The van der Waals surface area contributed by atoms with E-state index in [9.17, 15) is 23.6 Å². The lowest BCUT2D eigenvalue weighted by Gasteiger charge is -2.48. The number of carbonyl (C=O) groups excluding carboxylic acids is 3. The molecule has 0 N–H and O–H groups in total. The van der Waals surface area contributed by atoms with Crippen LogP contribution in [0.25, 0.3) is 0 Å². The lowest BCUT2D eigenvalue weighted by Crippen LogP contribution is -2.65. The molecule has 6 rings (SSSR count). The lowest BCUT2D eigenvalue weighted by atomic mass is 9.90. The minimum Gasteiger partial charge on any atom is -0.445 e. The van der Waals surface area contributed by atoms with Crippen molar-refractivity contribution in [3.63, 3.8) is 0 Å². The average molecular weight is 773 g/mol. The van der Waals surface area contributed by atoms with Crippen molar-refractivity contribution >= 4 is 23.8 Å². The molecule has 3 amide bonds. The fraction of sp³-hybridized carbons (Fsp3) is 0.535. The van der Waals surface area contributed by atoms with Crippen LogP contribution in [0.2, 0.25) is 0 Å². The van der Waals surface area contributed by atoms with E-state index in [4.69, 9.17) is 9.47 Å². The van der Waals surface area contributed by atoms with E-state index >= 15 is 0 Å². The third kappa shape index (κ3) is 9.26. The number of anilines is 1. The first-order chi connectivity index (χ1) is 26.4. The van der Waals surface area contributed by atoms with Crippen LogP contribution in [0.15, 0.2) is 65.5 Å². The molecule has 0 bridgehead atoms. The van der Waals surface area contributed by atoms with Gasteiger partial charge in [-0.25, -0.2) is 14.0 Å². The molecule has 1 aromatic heterocycles. The number of pyridine rings is 1. The highest BCUT2D eigenvalue weighted by Crippen LogP contribution is 2.40. The summed E-state index contributed by atoms with van der Waals surface area (Å²) in [5.41, 5.74) is 2.49. The molecule has 12 nitrogen and oxygen atoms in total. The van der Waals surface area contributed by atoms with Crippen LogP contribution in [0.5, 0.6) is 0 Å². The highest BCUT2D eigenvalue weighted by molar-refractivity contribution is 5.97. The van der Waals surface area contributed by atoms with Gasteiger partial charge in [-0.15, -0.1) is 0 Å². The number of hydrogen-bond donors (Lipinski definition) is 0. The maximum Gasteiger partial charge on any atom is 0.410 e. The van der Waals surface area contributed by atoms with Crippen LogP contribution in [0, 0.1) is 5.82 Å². The number of carbonyl (C=O) groups is 3. The fourth-order valence-corrected chi connectivity index (χ4v) is 8.34. The number of halogens is 1. The molecule has 3 aliphatic heterocycles. The Balaban J connectivity index is 1.20. The monoisotopic (exact) mass is 772 g/mol. The van der Waals surface area contributed by atoms with E-state index in [1.54, 1.807) is 38.4 Å². The van der Waals surface area contributed by atoms with Gasteiger partial charge in [-0.1, -0.05) is 56.3 Å². The van der Waals surface area contributed by atoms with Gasteiger partial charge in [-0.2, -0.15) is 0 Å². The second kappa shape index (κ2) is 16.4. The molecule has 0 unspecified atom stereocenters. The molecule has 3 aromatic rings. The number of rotatable bonds is 8. The Hall–Kier alpha value is -4.75. The van der Waals surface area contributed by atoms with Gasteiger partial charge in [0.15, 0.2) is 0 Å². The van der Waals surface area contributed by atoms with Gasteiger partial charge in [0.05, 0.1) is 17.9 Å². The van der Waals surface area contributed by atoms with Crippen molar-refractivity contribution in [2.24, 2.45) is 7.05 Å². The smallest absolute Gasteiger partial charge is 0.410 e. The van der Waals surface area contributed by atoms with Gasteiger partial charge < -0.3 is 28.7 Å². The first kappa shape index (κ1) is 40.9. The van der Waals surface area contributed by atoms with E-state index in [1.165, 1.54) is 12.1 Å². The quantitative estimate of drug-likeness (QED) is 0.300. The van der Waals surface area contributed by atoms with E-state index in [2.05, 4.69) is 16.7 Å². The zero-order valence-electron chi connectivity index (χ0n) is 34.1. The highest BCUT2D eigenvalue weighted by Gasteiger charge is 2.44. The van der Waals surface area contributed by atoms with Crippen molar-refractivity contribution in [1.82, 2.24) is 24.2 Å². The van der Waals surface area contributed by atoms with Gasteiger partial charge in [0.1, 0.15) is 18.0 Å². The van der Waals surface area contributed by atoms with E-state index in [-0.39, 0.29) is 60.7 Å². The molecule has 2 saturated heterocycles. The van der Waals surface area contributed by atoms with Crippen molar-refractivity contribution in [2.75, 3.05) is 57.3 Å². The summed E-state index contributed by atoms with van der Waals surface area (Å²) in [6.45, 7) is 17.4. The molecule has 2 fully saturated rings. The number of piperazine rings is 2. The van der Waals surface area contributed by atoms with Gasteiger partial charge in [0, 0.05) is 88.4 Å². The topological polar surface area (TPSA) is 108 Å². The zero-order chi connectivity index (χ0) is 40.5. The van der Waals surface area contributed by atoms with Crippen LogP contribution in [-0.4, -0.2) is 118 Å². The fourth-order valence-electron chi connectivity index (χ4n) is 8.34. The predicted octanol–water partition coefficient (Wildman–Crippen LogP) is 5.39. The van der Waals surface area contributed by atoms with Gasteiger partial charge in [0.25, 0.3) is 5.56 Å². The van der Waals surface area contributed by atoms with Crippen molar-refractivity contribution in [3.8, 4) is 0 Å². The van der Waals surface area contributed by atoms with Crippen LogP contribution in [0.1, 0.15) is 70.9 Å². The summed E-state index contributed by atoms with van der Waals surface area (Å²) in [7, 11) is 1.75. The van der Waals surface area contributed by atoms with E-state index in [1.807, 2.05) is 77.9 Å². The molecule has 3 atom stereocenters. The van der Waals surface area contributed by atoms with E-state index in [0.717, 1.165) is 16.8 Å². The molecular formula is C43H57FN6O6. The number of fused-ring (bicyclic) bond motifs is 1. The van der Waals surface area contributed by atoms with Crippen LogP contribution in [0.3, 0.4) is 0 Å². The van der Waals surface area contributed by atoms with Gasteiger partial charge in [-0.3, -0.25) is 19.4 Å². The number of amides is 3. The minimum atomic E-state index is -0.662. The third-order valence-corrected chi connectivity index (χ3v) is 11.2. The Morgan fingerprint density at radius 3 is 2.23 bits per heavy atom. The maximum atomic E-state index is 14.5. The second-order valence-electron chi connectivity index (χ2n) is 17.3. The maximum absolute atomic E-state index is 14.5. The molecule has 0 radical (unpaired) electrons. The van der Waals surface area contributed by atoms with Crippen molar-refractivity contribution < 1.29 is 28.2 Å². The lowest BCUT2D eigenvalue weighted by molar-refractivity contribution is -0.121. The Labute approximate surface area is 329 Å². The third-order valence-electron chi connectivity index (χ3n) is 11.2. The number of nitrogens with zero attached hydrogens (tertiary/aromatic N) is 6. The van der Waals surface area contributed by atoms with Gasteiger partial charge in [-0.05, 0) is 63.9 Å². The Morgan fingerprint density at radius 1 is 0.875 bits per heavy atom. The van der Waals surface area contributed by atoms with Crippen molar-refractivity contribution in [1.29, 1.82) is 0 Å². The summed E-state index contributed by atoms with van der Waals surface area (Å²) < 4.78 is 26.8. The van der Waals surface area contributed by atoms with E-state index in [0.29, 0.717) is 63.5 Å². The van der Waals surface area contributed by atoms with Crippen LogP contribution in [0.4, 0.5) is 19.7 Å². The van der Waals surface area contributed by atoms with E-state index < -0.39 is 11.0 Å². The standard InChI is InChI=1S/C43H57FN6O6/c1-29-22-47(40(53)55-27-32-12-10-9-11-13-32)19-18-46(29)24-35-25-49(41(54)56-42(3,4)5)30(2)23-48(35)26-37(51)50-28-43(6,7)38-36(50)21-33(39(52)45(38)8)20-31-14-16-34(44)17-15-31/h9-17,21,29-30,35H,18-20,22-28H2,1-8H3/t29-,30-,35+/m1/s1. The predicted molar refractivity (Wildman–Crippen MR) is 213 cm³/mol. The number of ether oxygens (including phenoxy) is 2. The molecule has 0 aliphatic carbocycles. The molecule has 56 heavy (non-hydrogen) atoms.